The zero-order chi connectivity index (χ0) is 17.6. The highest BCUT2D eigenvalue weighted by Crippen LogP contribution is 2.27. The van der Waals surface area contributed by atoms with Crippen LogP contribution in [0.25, 0.3) is 0 Å². The summed E-state index contributed by atoms with van der Waals surface area (Å²) in [5.74, 6) is 0.275. The number of hydrogen-bond donors (Lipinski definition) is 0. The molecule has 1 aromatic heterocycles. The molecule has 0 bridgehead atoms. The number of rotatable bonds is 6. The minimum absolute atomic E-state index is 0.0762. The molecular formula is C20H23NO2S2. The minimum atomic E-state index is -0.0762. The highest BCUT2D eigenvalue weighted by molar-refractivity contribution is 7.98. The Kier molecular flexibility index (Phi) is 6.32. The summed E-state index contributed by atoms with van der Waals surface area (Å²) in [6.07, 6.45) is 5.09. The molecule has 1 saturated heterocycles. The van der Waals surface area contributed by atoms with Crippen molar-refractivity contribution in [2.75, 3.05) is 19.3 Å². The lowest BCUT2D eigenvalue weighted by Gasteiger charge is -2.32. The fourth-order valence-corrected chi connectivity index (χ4v) is 4.64. The van der Waals surface area contributed by atoms with Crippen molar-refractivity contribution in [2.24, 2.45) is 5.92 Å². The summed E-state index contributed by atoms with van der Waals surface area (Å²) in [5.41, 5.74) is 0.799. The quantitative estimate of drug-likeness (QED) is 0.552. The van der Waals surface area contributed by atoms with Gasteiger partial charge in [-0.25, -0.2) is 0 Å². The predicted molar refractivity (Wildman–Crippen MR) is 104 cm³/mol. The summed E-state index contributed by atoms with van der Waals surface area (Å²) in [6.45, 7) is 1.34. The van der Waals surface area contributed by atoms with Crippen LogP contribution in [0.4, 0.5) is 0 Å². The Hall–Kier alpha value is -1.59. The molecule has 2 aromatic rings. The average molecular weight is 374 g/mol. The van der Waals surface area contributed by atoms with Gasteiger partial charge in [0.2, 0.25) is 5.91 Å². The molecule has 3 nitrogen and oxygen atoms in total. The molecule has 0 unspecified atom stereocenters. The van der Waals surface area contributed by atoms with Crippen LogP contribution in [-0.2, 0) is 11.2 Å². The third-order valence-electron chi connectivity index (χ3n) is 4.68. The second-order valence-corrected chi connectivity index (χ2v) is 8.20. The molecule has 0 radical (unpaired) electrons. The fourth-order valence-electron chi connectivity index (χ4n) is 3.33. The maximum atomic E-state index is 12.9. The first-order valence-corrected chi connectivity index (χ1v) is 10.8. The van der Waals surface area contributed by atoms with Gasteiger partial charge < -0.3 is 4.90 Å². The van der Waals surface area contributed by atoms with Crippen LogP contribution in [0, 0.1) is 5.92 Å². The van der Waals surface area contributed by atoms with E-state index in [2.05, 4.69) is 6.07 Å². The Morgan fingerprint density at radius 3 is 2.84 bits per heavy atom. The molecule has 132 valence electrons. The van der Waals surface area contributed by atoms with E-state index in [4.69, 9.17) is 0 Å². The lowest BCUT2D eigenvalue weighted by atomic mass is 9.89. The first-order valence-electron chi connectivity index (χ1n) is 8.66. The number of thioether (sulfide) groups is 1. The van der Waals surface area contributed by atoms with Crippen molar-refractivity contribution in [1.82, 2.24) is 4.90 Å². The van der Waals surface area contributed by atoms with Crippen LogP contribution >= 0.6 is 23.1 Å². The van der Waals surface area contributed by atoms with Crippen molar-refractivity contribution < 1.29 is 9.59 Å². The Labute approximate surface area is 157 Å². The monoisotopic (exact) mass is 373 g/mol. The molecule has 1 amide bonds. The molecule has 1 aromatic carbocycles. The first-order chi connectivity index (χ1) is 12.2. The second kappa shape index (κ2) is 8.68. The van der Waals surface area contributed by atoms with Crippen LogP contribution in [-0.4, -0.2) is 35.9 Å². The molecule has 1 aliphatic heterocycles. The lowest BCUT2D eigenvalue weighted by Crippen LogP contribution is -2.42. The Balaban J connectivity index is 1.62. The van der Waals surface area contributed by atoms with E-state index in [0.717, 1.165) is 36.3 Å². The number of piperidine rings is 1. The number of thiophene rings is 1. The standard InChI is InChI=1S/C20H23NO2S2/c1-24-18-9-3-2-8-17(18)20(23)15-6-4-12-21(14-15)19(22)11-10-16-7-5-13-25-16/h2-3,5,7-9,13,15H,4,6,10-12,14H2,1H3/t15-/m1/s1. The van der Waals surface area contributed by atoms with E-state index in [1.165, 1.54) is 4.88 Å². The van der Waals surface area contributed by atoms with Crippen LogP contribution in [0.2, 0.25) is 0 Å². The largest absolute Gasteiger partial charge is 0.342 e. The molecule has 0 aliphatic carbocycles. The number of Topliss-reactive ketones (excluding diaryl/α,β-unsaturated/α-hetero) is 1. The summed E-state index contributed by atoms with van der Waals surface area (Å²) >= 11 is 3.29. The Morgan fingerprint density at radius 2 is 2.08 bits per heavy atom. The predicted octanol–water partition coefficient (Wildman–Crippen LogP) is 4.52. The molecule has 5 heteroatoms. The van der Waals surface area contributed by atoms with Crippen molar-refractivity contribution in [3.63, 3.8) is 0 Å². The maximum absolute atomic E-state index is 12.9. The summed E-state index contributed by atoms with van der Waals surface area (Å²) in [6, 6.07) is 11.9. The smallest absolute Gasteiger partial charge is 0.222 e. The van der Waals surface area contributed by atoms with Crippen molar-refractivity contribution in [3.05, 3.63) is 52.2 Å². The van der Waals surface area contributed by atoms with Gasteiger partial charge in [0.15, 0.2) is 5.78 Å². The van der Waals surface area contributed by atoms with Gasteiger partial charge in [0, 0.05) is 40.8 Å². The number of nitrogens with zero attached hydrogens (tertiary/aromatic N) is 1. The van der Waals surface area contributed by atoms with E-state index < -0.39 is 0 Å². The van der Waals surface area contributed by atoms with Gasteiger partial charge in [0.1, 0.15) is 0 Å². The fraction of sp³-hybridized carbons (Fsp3) is 0.400. The molecule has 3 rings (SSSR count). The van der Waals surface area contributed by atoms with Crippen LogP contribution < -0.4 is 0 Å². The SMILES string of the molecule is CSc1ccccc1C(=O)[C@@H]1CCCN(C(=O)CCc2cccs2)C1. The zero-order valence-corrected chi connectivity index (χ0v) is 16.1. The van der Waals surface area contributed by atoms with Gasteiger partial charge in [-0.15, -0.1) is 23.1 Å². The number of benzene rings is 1. The third kappa shape index (κ3) is 4.53. The first kappa shape index (κ1) is 18.2. The normalized spacial score (nSPS) is 17.5. The number of aryl methyl sites for hydroxylation is 1. The van der Waals surface area contributed by atoms with Gasteiger partial charge in [-0.2, -0.15) is 0 Å². The van der Waals surface area contributed by atoms with E-state index >= 15 is 0 Å². The number of ketones is 1. The van der Waals surface area contributed by atoms with Gasteiger partial charge in [-0.05, 0) is 43.0 Å². The molecule has 25 heavy (non-hydrogen) atoms. The highest BCUT2D eigenvalue weighted by Gasteiger charge is 2.29. The van der Waals surface area contributed by atoms with Gasteiger partial charge in [-0.3, -0.25) is 9.59 Å². The van der Waals surface area contributed by atoms with Crippen LogP contribution in [0.1, 0.15) is 34.5 Å². The van der Waals surface area contributed by atoms with Crippen molar-refractivity contribution in [2.45, 2.75) is 30.6 Å². The van der Waals surface area contributed by atoms with E-state index in [-0.39, 0.29) is 17.6 Å². The molecule has 2 heterocycles. The number of carbonyl (C=O) groups is 2. The van der Waals surface area contributed by atoms with E-state index in [1.54, 1.807) is 23.1 Å². The van der Waals surface area contributed by atoms with Gasteiger partial charge >= 0.3 is 0 Å². The topological polar surface area (TPSA) is 37.4 Å². The number of carbonyl (C=O) groups excluding carboxylic acids is 2. The van der Waals surface area contributed by atoms with Crippen molar-refractivity contribution in [3.8, 4) is 0 Å². The maximum Gasteiger partial charge on any atom is 0.222 e. The third-order valence-corrected chi connectivity index (χ3v) is 6.41. The van der Waals surface area contributed by atoms with Crippen molar-refractivity contribution >= 4 is 34.8 Å². The molecule has 1 aliphatic rings. The van der Waals surface area contributed by atoms with Crippen LogP contribution in [0.5, 0.6) is 0 Å². The van der Waals surface area contributed by atoms with Gasteiger partial charge in [0.05, 0.1) is 0 Å². The zero-order valence-electron chi connectivity index (χ0n) is 14.4. The molecule has 1 fully saturated rings. The second-order valence-electron chi connectivity index (χ2n) is 6.32. The molecular weight excluding hydrogens is 350 g/mol. The van der Waals surface area contributed by atoms with E-state index in [1.807, 2.05) is 46.9 Å². The number of hydrogen-bond acceptors (Lipinski definition) is 4. The van der Waals surface area contributed by atoms with Crippen LogP contribution in [0.15, 0.2) is 46.7 Å². The summed E-state index contributed by atoms with van der Waals surface area (Å²) in [7, 11) is 0. The Morgan fingerprint density at radius 1 is 1.24 bits per heavy atom. The highest BCUT2D eigenvalue weighted by atomic mass is 32.2. The molecule has 0 saturated carbocycles. The molecule has 1 atom stereocenters. The van der Waals surface area contributed by atoms with Crippen molar-refractivity contribution in [1.29, 1.82) is 0 Å². The number of amides is 1. The molecule has 0 N–H and O–H groups in total. The van der Waals surface area contributed by atoms with Gasteiger partial charge in [0.25, 0.3) is 0 Å². The van der Waals surface area contributed by atoms with E-state index in [9.17, 15) is 9.59 Å². The lowest BCUT2D eigenvalue weighted by molar-refractivity contribution is -0.132. The van der Waals surface area contributed by atoms with Crippen LogP contribution in [0.3, 0.4) is 0 Å². The number of likely N-dealkylation sites (tertiary alicyclic amines) is 1. The minimum Gasteiger partial charge on any atom is -0.342 e. The van der Waals surface area contributed by atoms with Gasteiger partial charge in [-0.1, -0.05) is 24.3 Å². The average Bonchev–Trinajstić information content (AvgIpc) is 3.19. The summed E-state index contributed by atoms with van der Waals surface area (Å²) < 4.78 is 0. The molecule has 0 spiro atoms. The summed E-state index contributed by atoms with van der Waals surface area (Å²) in [4.78, 5) is 29.6. The Bertz CT molecular complexity index is 727. The van der Waals surface area contributed by atoms with E-state index in [0.29, 0.717) is 13.0 Å². The summed E-state index contributed by atoms with van der Waals surface area (Å²) in [5, 5.41) is 2.04.